The fourth-order valence-electron chi connectivity index (χ4n) is 3.21. The highest BCUT2D eigenvalue weighted by Gasteiger charge is 2.42. The molecular formula is C22H23N3O5. The van der Waals surface area contributed by atoms with Crippen LogP contribution in [0.25, 0.3) is 0 Å². The number of nitrogens with one attached hydrogen (secondary N) is 2. The summed E-state index contributed by atoms with van der Waals surface area (Å²) < 4.78 is 0. The van der Waals surface area contributed by atoms with Gasteiger partial charge in [-0.25, -0.2) is 0 Å². The van der Waals surface area contributed by atoms with Crippen LogP contribution in [0.5, 0.6) is 5.75 Å². The zero-order chi connectivity index (χ0) is 22.1. The number of benzene rings is 2. The van der Waals surface area contributed by atoms with Crippen molar-refractivity contribution in [3.05, 3.63) is 64.7 Å². The minimum Gasteiger partial charge on any atom is -0.507 e. The van der Waals surface area contributed by atoms with Crippen molar-refractivity contribution in [3.63, 3.8) is 0 Å². The molecular weight excluding hydrogens is 386 g/mol. The van der Waals surface area contributed by atoms with Gasteiger partial charge in [-0.3, -0.25) is 24.1 Å². The molecule has 0 aliphatic carbocycles. The quantitative estimate of drug-likeness (QED) is 0.516. The Morgan fingerprint density at radius 3 is 2.13 bits per heavy atom. The molecule has 0 fully saturated rings. The summed E-state index contributed by atoms with van der Waals surface area (Å²) in [6.45, 7) is 5.61. The first-order chi connectivity index (χ1) is 14.1. The molecule has 0 radical (unpaired) electrons. The number of para-hydroxylation sites is 1. The van der Waals surface area contributed by atoms with Gasteiger partial charge in [-0.05, 0) is 51.1 Å². The summed E-state index contributed by atoms with van der Waals surface area (Å²) in [5.41, 5.74) is 0.213. The van der Waals surface area contributed by atoms with Crippen molar-refractivity contribution in [3.8, 4) is 5.75 Å². The van der Waals surface area contributed by atoms with Gasteiger partial charge in [-0.2, -0.15) is 0 Å². The van der Waals surface area contributed by atoms with Gasteiger partial charge in [0.1, 0.15) is 5.75 Å². The maximum Gasteiger partial charge on any atom is 0.262 e. The molecule has 2 aromatic rings. The Labute approximate surface area is 173 Å². The Kier molecular flexibility index (Phi) is 5.60. The number of fused-ring (bicyclic) bond motifs is 1. The number of phenolic OH excluding ortho intramolecular Hbond substituents is 1. The number of amides is 4. The van der Waals surface area contributed by atoms with Crippen LogP contribution in [-0.4, -0.2) is 52.3 Å². The van der Waals surface area contributed by atoms with Crippen LogP contribution < -0.4 is 10.6 Å². The summed E-state index contributed by atoms with van der Waals surface area (Å²) in [6, 6.07) is 10.5. The average molecular weight is 409 g/mol. The zero-order valence-corrected chi connectivity index (χ0v) is 17.0. The van der Waals surface area contributed by atoms with Gasteiger partial charge in [0.25, 0.3) is 23.6 Å². The molecule has 1 aliphatic rings. The molecule has 2 aromatic carbocycles. The van der Waals surface area contributed by atoms with Gasteiger partial charge in [0.05, 0.1) is 16.7 Å². The van der Waals surface area contributed by atoms with Crippen molar-refractivity contribution in [2.75, 3.05) is 13.1 Å². The van der Waals surface area contributed by atoms with Gasteiger partial charge in [-0.1, -0.05) is 12.1 Å². The highest BCUT2D eigenvalue weighted by molar-refractivity contribution is 6.22. The van der Waals surface area contributed by atoms with Crippen molar-refractivity contribution in [1.29, 1.82) is 0 Å². The van der Waals surface area contributed by atoms with E-state index in [2.05, 4.69) is 10.6 Å². The first-order valence-corrected chi connectivity index (χ1v) is 9.48. The maximum absolute atomic E-state index is 12.6. The monoisotopic (exact) mass is 409 g/mol. The summed E-state index contributed by atoms with van der Waals surface area (Å²) in [5.74, 6) is -1.80. The number of rotatable bonds is 5. The molecule has 156 valence electrons. The Balaban J connectivity index is 1.60. The van der Waals surface area contributed by atoms with Crippen LogP contribution in [0, 0.1) is 0 Å². The van der Waals surface area contributed by atoms with E-state index in [1.54, 1.807) is 32.9 Å². The summed E-state index contributed by atoms with van der Waals surface area (Å²) in [7, 11) is 0. The number of aromatic hydroxyl groups is 1. The number of carbonyl (C=O) groups is 4. The van der Waals surface area contributed by atoms with Gasteiger partial charge in [0.15, 0.2) is 0 Å². The van der Waals surface area contributed by atoms with Gasteiger partial charge in [0.2, 0.25) is 0 Å². The van der Waals surface area contributed by atoms with E-state index in [0.29, 0.717) is 0 Å². The number of nitrogens with zero attached hydrogens (tertiary/aromatic N) is 1. The summed E-state index contributed by atoms with van der Waals surface area (Å²) in [4.78, 5) is 50.8. The topological polar surface area (TPSA) is 116 Å². The van der Waals surface area contributed by atoms with Crippen LogP contribution in [0.1, 0.15) is 62.2 Å². The van der Waals surface area contributed by atoms with Crippen molar-refractivity contribution in [2.45, 2.75) is 26.3 Å². The second-order valence-electron chi connectivity index (χ2n) is 7.91. The summed E-state index contributed by atoms with van der Waals surface area (Å²) >= 11 is 0. The van der Waals surface area contributed by atoms with Crippen LogP contribution in [0.2, 0.25) is 0 Å². The Morgan fingerprint density at radius 1 is 0.900 bits per heavy atom. The van der Waals surface area contributed by atoms with Gasteiger partial charge in [-0.15, -0.1) is 0 Å². The molecule has 4 amide bonds. The fraction of sp³-hybridized carbons (Fsp3) is 0.273. The van der Waals surface area contributed by atoms with Crippen molar-refractivity contribution < 1.29 is 24.3 Å². The molecule has 0 saturated carbocycles. The smallest absolute Gasteiger partial charge is 0.262 e. The van der Waals surface area contributed by atoms with Crippen molar-refractivity contribution >= 4 is 23.6 Å². The van der Waals surface area contributed by atoms with Crippen LogP contribution >= 0.6 is 0 Å². The second kappa shape index (κ2) is 7.98. The predicted octanol–water partition coefficient (Wildman–Crippen LogP) is 1.95. The molecule has 0 spiro atoms. The van der Waals surface area contributed by atoms with Gasteiger partial charge >= 0.3 is 0 Å². The molecule has 8 heteroatoms. The molecule has 3 N–H and O–H groups in total. The van der Waals surface area contributed by atoms with Crippen LogP contribution in [0.4, 0.5) is 0 Å². The maximum atomic E-state index is 12.6. The summed E-state index contributed by atoms with van der Waals surface area (Å²) in [5, 5.41) is 14.9. The number of imide groups is 1. The molecule has 0 bridgehead atoms. The minimum atomic E-state index is -0.666. The van der Waals surface area contributed by atoms with E-state index in [9.17, 15) is 24.3 Å². The van der Waals surface area contributed by atoms with E-state index < -0.39 is 23.3 Å². The van der Waals surface area contributed by atoms with Gasteiger partial charge in [0, 0.05) is 24.2 Å². The normalized spacial score (nSPS) is 13.2. The Hall–Kier alpha value is -3.68. The minimum absolute atomic E-state index is 0.124. The fourth-order valence-corrected chi connectivity index (χ4v) is 3.21. The van der Waals surface area contributed by atoms with Crippen LogP contribution in [-0.2, 0) is 0 Å². The van der Waals surface area contributed by atoms with E-state index in [0.717, 1.165) is 0 Å². The van der Waals surface area contributed by atoms with E-state index in [4.69, 9.17) is 0 Å². The lowest BCUT2D eigenvalue weighted by atomic mass is 10.1. The van der Waals surface area contributed by atoms with E-state index in [1.807, 2.05) is 0 Å². The van der Waals surface area contributed by atoms with Crippen LogP contribution in [0.3, 0.4) is 0 Å². The summed E-state index contributed by atoms with van der Waals surface area (Å²) in [6.07, 6.45) is 0. The zero-order valence-electron chi connectivity index (χ0n) is 17.0. The van der Waals surface area contributed by atoms with E-state index in [1.165, 1.54) is 35.2 Å². The Bertz CT molecular complexity index is 1040. The third-order valence-electron chi connectivity index (χ3n) is 4.66. The lowest BCUT2D eigenvalue weighted by Crippen LogP contribution is -2.45. The highest BCUT2D eigenvalue weighted by Crippen LogP contribution is 2.29. The highest BCUT2D eigenvalue weighted by atomic mass is 16.3. The van der Waals surface area contributed by atoms with E-state index >= 15 is 0 Å². The van der Waals surface area contributed by atoms with Crippen molar-refractivity contribution in [1.82, 2.24) is 15.5 Å². The second-order valence-corrected chi connectivity index (χ2v) is 7.91. The lowest BCUT2D eigenvalue weighted by Gasteiger charge is -2.29. The third-order valence-corrected chi connectivity index (χ3v) is 4.66. The number of phenols is 1. The van der Waals surface area contributed by atoms with Crippen molar-refractivity contribution in [2.24, 2.45) is 0 Å². The Morgan fingerprint density at radius 2 is 1.50 bits per heavy atom. The van der Waals surface area contributed by atoms with E-state index in [-0.39, 0.29) is 47.0 Å². The molecule has 0 saturated heterocycles. The predicted molar refractivity (Wildman–Crippen MR) is 109 cm³/mol. The largest absolute Gasteiger partial charge is 0.507 e. The first kappa shape index (κ1) is 21.0. The van der Waals surface area contributed by atoms with Gasteiger partial charge < -0.3 is 15.7 Å². The van der Waals surface area contributed by atoms with Crippen LogP contribution in [0.15, 0.2) is 42.5 Å². The molecule has 1 aliphatic heterocycles. The molecule has 0 atom stereocenters. The molecule has 0 unspecified atom stereocenters. The first-order valence-electron chi connectivity index (χ1n) is 9.48. The number of carbonyl (C=O) groups excluding carboxylic acids is 4. The molecule has 8 nitrogen and oxygen atoms in total. The standard InChI is InChI=1S/C22H23N3O5/c1-22(2,3)25-20(29)14-9-8-13(12-16(14)21(25)30)18(27)23-10-11-24-19(28)15-6-4-5-7-17(15)26/h4-9,12,26H,10-11H2,1-3H3,(H,23,27)(H,24,28). The molecule has 1 heterocycles. The SMILES string of the molecule is CC(C)(C)N1C(=O)c2ccc(C(=O)NCCNC(=O)c3ccccc3O)cc2C1=O. The molecule has 30 heavy (non-hydrogen) atoms. The third kappa shape index (κ3) is 4.03. The average Bonchev–Trinajstić information content (AvgIpc) is 2.95. The number of hydrogen-bond donors (Lipinski definition) is 3. The number of hydrogen-bond acceptors (Lipinski definition) is 5. The lowest BCUT2D eigenvalue weighted by molar-refractivity contribution is 0.0507. The molecule has 0 aromatic heterocycles. The molecule has 3 rings (SSSR count).